The van der Waals surface area contributed by atoms with Crippen molar-refractivity contribution in [2.45, 2.75) is 25.2 Å². The van der Waals surface area contributed by atoms with E-state index in [9.17, 15) is 8.42 Å². The zero-order valence-electron chi connectivity index (χ0n) is 20.0. The topological polar surface area (TPSA) is 134 Å². The van der Waals surface area contributed by atoms with Crippen LogP contribution < -0.4 is 9.46 Å². The normalized spacial score (nSPS) is 13.2. The van der Waals surface area contributed by atoms with Crippen LogP contribution in [0.3, 0.4) is 0 Å². The van der Waals surface area contributed by atoms with Crippen molar-refractivity contribution in [1.29, 1.82) is 0 Å². The van der Waals surface area contributed by atoms with Gasteiger partial charge in [-0.3, -0.25) is 9.29 Å². The van der Waals surface area contributed by atoms with Crippen LogP contribution >= 0.6 is 15.9 Å². The van der Waals surface area contributed by atoms with E-state index in [0.29, 0.717) is 23.1 Å². The van der Waals surface area contributed by atoms with Gasteiger partial charge in [0.05, 0.1) is 12.8 Å². The number of hydrogen-bond acceptors (Lipinski definition) is 9. The molecule has 0 bridgehead atoms. The number of nitrogens with zero attached hydrogens (tertiary/aromatic N) is 6. The number of methoxy groups -OCH3 is 2. The first-order valence-corrected chi connectivity index (χ1v) is 13.1. The van der Waals surface area contributed by atoms with Crippen LogP contribution in [-0.4, -0.2) is 57.6 Å². The molecule has 0 saturated heterocycles. The highest BCUT2D eigenvalue weighted by Gasteiger charge is 2.34. The predicted octanol–water partition coefficient (Wildman–Crippen LogP) is 3.72. The van der Waals surface area contributed by atoms with Gasteiger partial charge in [0, 0.05) is 30.0 Å². The molecule has 0 radical (unpaired) electrons. The van der Waals surface area contributed by atoms with Crippen molar-refractivity contribution in [2.24, 2.45) is 0 Å². The second kappa shape index (κ2) is 10.7. The second-order valence-corrected chi connectivity index (χ2v) is 10.8. The van der Waals surface area contributed by atoms with Crippen molar-refractivity contribution in [3.63, 3.8) is 0 Å². The van der Waals surface area contributed by atoms with E-state index in [0.717, 1.165) is 10.0 Å². The molecule has 188 valence electrons. The van der Waals surface area contributed by atoms with Crippen LogP contribution in [0.4, 0.5) is 5.95 Å². The first kappa shape index (κ1) is 25.7. The number of ether oxygens (including phenoxy) is 2. The Hall–Kier alpha value is -3.42. The minimum Gasteiger partial charge on any atom is -0.481 e. The van der Waals surface area contributed by atoms with Gasteiger partial charge in [0.25, 0.3) is 0 Å². The molecule has 4 rings (SSSR count). The first-order chi connectivity index (χ1) is 17.2. The molecule has 1 N–H and O–H groups in total. The van der Waals surface area contributed by atoms with E-state index in [-0.39, 0.29) is 11.8 Å². The van der Waals surface area contributed by atoms with Crippen LogP contribution in [-0.2, 0) is 14.8 Å². The number of aryl methyl sites for hydroxylation is 1. The molecule has 0 amide bonds. The summed E-state index contributed by atoms with van der Waals surface area (Å²) in [5.41, 5.74) is 1.91. The Kier molecular flexibility index (Phi) is 7.62. The largest absolute Gasteiger partial charge is 0.481 e. The molecule has 3 heterocycles. The van der Waals surface area contributed by atoms with Crippen LogP contribution in [0, 0.1) is 6.92 Å². The van der Waals surface area contributed by atoms with Crippen molar-refractivity contribution < 1.29 is 17.9 Å². The molecule has 1 aromatic carbocycles. The van der Waals surface area contributed by atoms with Crippen molar-refractivity contribution >= 4 is 31.9 Å². The molecular weight excluding hydrogens is 550 g/mol. The van der Waals surface area contributed by atoms with Crippen LogP contribution in [0.5, 0.6) is 5.88 Å². The summed E-state index contributed by atoms with van der Waals surface area (Å²) in [7, 11) is -1.12. The number of benzene rings is 1. The maximum Gasteiger partial charge on any atom is 0.243 e. The molecule has 2 atom stereocenters. The van der Waals surface area contributed by atoms with Crippen molar-refractivity contribution in [3.8, 4) is 23.1 Å². The lowest BCUT2D eigenvalue weighted by atomic mass is 10.2. The van der Waals surface area contributed by atoms with E-state index in [4.69, 9.17) is 9.47 Å². The molecule has 4 aromatic rings. The number of sulfonamides is 1. The third kappa shape index (κ3) is 5.37. The van der Waals surface area contributed by atoms with Gasteiger partial charge in [0.2, 0.25) is 21.9 Å². The van der Waals surface area contributed by atoms with Gasteiger partial charge < -0.3 is 9.47 Å². The van der Waals surface area contributed by atoms with E-state index in [1.807, 2.05) is 25.1 Å². The minimum absolute atomic E-state index is 0.0146. The summed E-state index contributed by atoms with van der Waals surface area (Å²) in [5, 5.41) is 7.33. The molecule has 0 spiro atoms. The summed E-state index contributed by atoms with van der Waals surface area (Å²) >= 11 is 3.46. The minimum atomic E-state index is -4.04. The maximum atomic E-state index is 13.5. The van der Waals surface area contributed by atoms with Crippen LogP contribution in [0.15, 0.2) is 59.3 Å². The first-order valence-electron chi connectivity index (χ1n) is 10.8. The molecule has 3 aromatic heterocycles. The molecule has 0 aliphatic rings. The smallest absolute Gasteiger partial charge is 0.243 e. The third-order valence-electron chi connectivity index (χ3n) is 5.35. The van der Waals surface area contributed by atoms with Gasteiger partial charge in [-0.05, 0) is 43.7 Å². The van der Waals surface area contributed by atoms with Crippen LogP contribution in [0.1, 0.15) is 24.4 Å². The Morgan fingerprint density at radius 1 is 1.06 bits per heavy atom. The molecular formula is C23H24BrN7O4S. The summed E-state index contributed by atoms with van der Waals surface area (Å²) in [6.07, 6.45) is 2.31. The predicted molar refractivity (Wildman–Crippen MR) is 137 cm³/mol. The number of rotatable bonds is 9. The summed E-state index contributed by atoms with van der Waals surface area (Å²) in [4.78, 5) is 12.9. The number of pyridine rings is 1. The molecule has 0 aliphatic carbocycles. The average molecular weight is 574 g/mol. The highest BCUT2D eigenvalue weighted by Crippen LogP contribution is 2.29. The van der Waals surface area contributed by atoms with Gasteiger partial charge in [-0.15, -0.1) is 10.2 Å². The summed E-state index contributed by atoms with van der Waals surface area (Å²) in [6, 6.07) is 12.5. The summed E-state index contributed by atoms with van der Waals surface area (Å²) in [5.74, 6) is 0.950. The Morgan fingerprint density at radius 2 is 1.78 bits per heavy atom. The van der Waals surface area contributed by atoms with E-state index >= 15 is 0 Å². The summed E-state index contributed by atoms with van der Waals surface area (Å²) in [6.45, 7) is 3.36. The van der Waals surface area contributed by atoms with Gasteiger partial charge in [-0.25, -0.2) is 23.4 Å². The Morgan fingerprint density at radius 3 is 2.44 bits per heavy atom. The molecule has 13 heteroatoms. The number of hydrogen-bond donors (Lipinski definition) is 1. The molecule has 2 unspecified atom stereocenters. The van der Waals surface area contributed by atoms with Gasteiger partial charge >= 0.3 is 0 Å². The van der Waals surface area contributed by atoms with Gasteiger partial charge in [0.1, 0.15) is 17.0 Å². The lowest BCUT2D eigenvalue weighted by Gasteiger charge is -2.22. The molecule has 11 nitrogen and oxygen atoms in total. The monoisotopic (exact) mass is 573 g/mol. The van der Waals surface area contributed by atoms with Gasteiger partial charge in [-0.2, -0.15) is 0 Å². The lowest BCUT2D eigenvalue weighted by molar-refractivity contribution is 0.0949. The fourth-order valence-electron chi connectivity index (χ4n) is 3.47. The number of anilines is 1. The Labute approximate surface area is 217 Å². The van der Waals surface area contributed by atoms with E-state index < -0.39 is 21.4 Å². The Balaban J connectivity index is 1.76. The molecule has 0 fully saturated rings. The molecule has 0 saturated carbocycles. The fourth-order valence-corrected chi connectivity index (χ4v) is 4.99. The quantitative estimate of drug-likeness (QED) is 0.318. The van der Waals surface area contributed by atoms with Gasteiger partial charge in [0.15, 0.2) is 11.6 Å². The van der Waals surface area contributed by atoms with E-state index in [1.54, 1.807) is 41.2 Å². The second-order valence-electron chi connectivity index (χ2n) is 7.85. The van der Waals surface area contributed by atoms with E-state index in [1.165, 1.54) is 21.1 Å². The highest BCUT2D eigenvalue weighted by molar-refractivity contribution is 9.10. The van der Waals surface area contributed by atoms with Crippen molar-refractivity contribution in [2.75, 3.05) is 18.9 Å². The number of nitrogens with one attached hydrogen (secondary N) is 1. The van der Waals surface area contributed by atoms with Crippen LogP contribution in [0.25, 0.3) is 17.2 Å². The lowest BCUT2D eigenvalue weighted by Crippen LogP contribution is -2.33. The van der Waals surface area contributed by atoms with Gasteiger partial charge in [-0.1, -0.05) is 28.1 Å². The number of halogens is 1. The zero-order valence-corrected chi connectivity index (χ0v) is 22.4. The zero-order chi connectivity index (χ0) is 25.9. The fraction of sp³-hybridized carbons (Fsp3) is 0.261. The SMILES string of the molecule is COc1cccc(-c2nnc(NS(=O)(=O)C(C)C(OC)c3ncc(C)cn3)n2-c2cccc(Br)c2)n1. The highest BCUT2D eigenvalue weighted by atomic mass is 79.9. The molecule has 36 heavy (non-hydrogen) atoms. The van der Waals surface area contributed by atoms with Crippen molar-refractivity contribution in [3.05, 3.63) is 70.7 Å². The summed E-state index contributed by atoms with van der Waals surface area (Å²) < 4.78 is 42.6. The van der Waals surface area contributed by atoms with Crippen LogP contribution in [0.2, 0.25) is 0 Å². The van der Waals surface area contributed by atoms with Crippen molar-refractivity contribution in [1.82, 2.24) is 29.7 Å². The average Bonchev–Trinajstić information content (AvgIpc) is 3.28. The maximum absolute atomic E-state index is 13.5. The Bertz CT molecular complexity index is 1460. The standard InChI is InChI=1S/C23H24BrN7O4S/c1-14-12-25-21(26-13-14)20(35-4)15(2)36(32,33)30-23-29-28-22(18-9-6-10-19(27-18)34-3)31(23)17-8-5-7-16(24)11-17/h5-13,15,20H,1-4H3,(H,29,30). The van der Waals surface area contributed by atoms with E-state index in [2.05, 4.69) is 45.8 Å². The number of aromatic nitrogens is 6. The molecule has 0 aliphatic heterocycles. The third-order valence-corrected chi connectivity index (χ3v) is 7.54.